The standard InChI is InChI=1S/C15H15Br2N3O3/c1-20(2)10-4-3-5-11(6-10)22-9-14(21)19-18-8-12-7-13(16)15(17)23-12/h3-8H,9H2,1-2H3,(H,19,21)/b18-8+. The number of hydrogen-bond donors (Lipinski definition) is 1. The Balaban J connectivity index is 1.82. The van der Waals surface area contributed by atoms with Crippen LogP contribution in [0.5, 0.6) is 5.75 Å². The zero-order valence-electron chi connectivity index (χ0n) is 12.5. The van der Waals surface area contributed by atoms with Crippen LogP contribution in [-0.2, 0) is 4.79 Å². The van der Waals surface area contributed by atoms with Crippen molar-refractivity contribution in [1.82, 2.24) is 5.43 Å². The maximum Gasteiger partial charge on any atom is 0.277 e. The van der Waals surface area contributed by atoms with Crippen molar-refractivity contribution in [3.63, 3.8) is 0 Å². The summed E-state index contributed by atoms with van der Waals surface area (Å²) < 4.78 is 12.1. The van der Waals surface area contributed by atoms with Crippen molar-refractivity contribution >= 4 is 49.7 Å². The van der Waals surface area contributed by atoms with Crippen molar-refractivity contribution in [2.75, 3.05) is 25.6 Å². The van der Waals surface area contributed by atoms with Gasteiger partial charge >= 0.3 is 0 Å². The average molecular weight is 445 g/mol. The minimum atomic E-state index is -0.360. The van der Waals surface area contributed by atoms with Crippen molar-refractivity contribution < 1.29 is 13.9 Å². The summed E-state index contributed by atoms with van der Waals surface area (Å²) in [6.07, 6.45) is 1.40. The molecule has 23 heavy (non-hydrogen) atoms. The second-order valence-electron chi connectivity index (χ2n) is 4.74. The Morgan fingerprint density at radius 1 is 1.39 bits per heavy atom. The molecule has 1 heterocycles. The molecular formula is C15H15Br2N3O3. The molecule has 0 saturated carbocycles. The molecule has 6 nitrogen and oxygen atoms in total. The highest BCUT2D eigenvalue weighted by atomic mass is 79.9. The molecule has 0 fully saturated rings. The van der Waals surface area contributed by atoms with Crippen molar-refractivity contribution in [1.29, 1.82) is 0 Å². The van der Waals surface area contributed by atoms with Gasteiger partial charge in [-0.15, -0.1) is 0 Å². The Kier molecular flexibility index (Phi) is 6.23. The van der Waals surface area contributed by atoms with E-state index in [-0.39, 0.29) is 12.5 Å². The molecule has 0 aliphatic rings. The predicted octanol–water partition coefficient (Wildman–Crippen LogP) is 3.40. The minimum Gasteiger partial charge on any atom is -0.484 e. The van der Waals surface area contributed by atoms with Gasteiger partial charge in [0.1, 0.15) is 11.5 Å². The van der Waals surface area contributed by atoms with Gasteiger partial charge < -0.3 is 14.1 Å². The van der Waals surface area contributed by atoms with Gasteiger partial charge in [-0.25, -0.2) is 5.43 Å². The summed E-state index contributed by atoms with van der Waals surface area (Å²) in [6.45, 7) is -0.125. The summed E-state index contributed by atoms with van der Waals surface area (Å²) in [7, 11) is 3.87. The van der Waals surface area contributed by atoms with Crippen LogP contribution >= 0.6 is 31.9 Å². The van der Waals surface area contributed by atoms with Crippen LogP contribution in [0.4, 0.5) is 5.69 Å². The molecule has 0 spiro atoms. The number of hydrogen-bond acceptors (Lipinski definition) is 5. The van der Waals surface area contributed by atoms with E-state index in [1.54, 1.807) is 12.1 Å². The molecule has 0 unspecified atom stereocenters. The van der Waals surface area contributed by atoms with Gasteiger partial charge in [-0.05, 0) is 44.0 Å². The predicted molar refractivity (Wildman–Crippen MR) is 96.1 cm³/mol. The third-order valence-corrected chi connectivity index (χ3v) is 4.46. The van der Waals surface area contributed by atoms with Gasteiger partial charge in [0, 0.05) is 31.9 Å². The van der Waals surface area contributed by atoms with Crippen LogP contribution in [0.15, 0.2) is 49.0 Å². The van der Waals surface area contributed by atoms with Gasteiger partial charge in [0.25, 0.3) is 5.91 Å². The number of hydrazone groups is 1. The fraction of sp³-hybridized carbons (Fsp3) is 0.200. The highest BCUT2D eigenvalue weighted by Crippen LogP contribution is 2.25. The summed E-state index contributed by atoms with van der Waals surface area (Å²) in [5, 5.41) is 3.81. The molecule has 0 saturated heterocycles. The van der Waals surface area contributed by atoms with E-state index in [1.807, 2.05) is 37.2 Å². The quantitative estimate of drug-likeness (QED) is 0.547. The lowest BCUT2D eigenvalue weighted by Gasteiger charge is -2.13. The first-order valence-electron chi connectivity index (χ1n) is 6.62. The fourth-order valence-electron chi connectivity index (χ4n) is 1.63. The Labute approximate surface area is 150 Å². The molecule has 1 N–H and O–H groups in total. The van der Waals surface area contributed by atoms with Crippen molar-refractivity contribution in [3.05, 3.63) is 45.2 Å². The van der Waals surface area contributed by atoms with Crippen LogP contribution in [0.25, 0.3) is 0 Å². The van der Waals surface area contributed by atoms with E-state index in [1.165, 1.54) is 6.21 Å². The molecule has 0 radical (unpaired) electrons. The van der Waals surface area contributed by atoms with Crippen LogP contribution in [0.2, 0.25) is 0 Å². The highest BCUT2D eigenvalue weighted by Gasteiger charge is 2.05. The Hall–Kier alpha value is -1.80. The van der Waals surface area contributed by atoms with Gasteiger partial charge in [0.2, 0.25) is 0 Å². The number of halogens is 2. The van der Waals surface area contributed by atoms with Crippen LogP contribution in [0.3, 0.4) is 0 Å². The molecule has 0 aliphatic carbocycles. The van der Waals surface area contributed by atoms with E-state index in [2.05, 4.69) is 42.4 Å². The Morgan fingerprint density at radius 3 is 2.83 bits per heavy atom. The summed E-state index contributed by atoms with van der Waals surface area (Å²) in [5.74, 6) is 0.763. The van der Waals surface area contributed by atoms with E-state index < -0.39 is 0 Å². The number of carbonyl (C=O) groups excluding carboxylic acids is 1. The lowest BCUT2D eigenvalue weighted by Crippen LogP contribution is -2.24. The molecule has 2 aromatic rings. The van der Waals surface area contributed by atoms with Crippen molar-refractivity contribution in [3.8, 4) is 5.75 Å². The van der Waals surface area contributed by atoms with Crippen LogP contribution in [-0.4, -0.2) is 32.8 Å². The van der Waals surface area contributed by atoms with E-state index in [4.69, 9.17) is 9.15 Å². The van der Waals surface area contributed by atoms with E-state index in [0.717, 1.165) is 10.2 Å². The lowest BCUT2D eigenvalue weighted by atomic mass is 10.3. The van der Waals surface area contributed by atoms with Crippen LogP contribution in [0, 0.1) is 0 Å². The summed E-state index contributed by atoms with van der Waals surface area (Å²) in [4.78, 5) is 13.6. The van der Waals surface area contributed by atoms with E-state index in [0.29, 0.717) is 16.2 Å². The first-order chi connectivity index (χ1) is 11.0. The molecular weight excluding hydrogens is 430 g/mol. The van der Waals surface area contributed by atoms with E-state index in [9.17, 15) is 4.79 Å². The second-order valence-corrected chi connectivity index (χ2v) is 6.32. The molecule has 2 rings (SSSR count). The third-order valence-electron chi connectivity index (χ3n) is 2.75. The molecule has 0 aliphatic heterocycles. The number of carbonyl (C=O) groups is 1. The third kappa shape index (κ3) is 5.40. The number of rotatable bonds is 6. The molecule has 8 heteroatoms. The molecule has 1 aromatic carbocycles. The smallest absolute Gasteiger partial charge is 0.277 e. The number of ether oxygens (including phenoxy) is 1. The highest BCUT2D eigenvalue weighted by molar-refractivity contribution is 9.13. The molecule has 1 amide bonds. The number of amides is 1. The molecule has 122 valence electrons. The molecule has 0 bridgehead atoms. The SMILES string of the molecule is CN(C)c1cccc(OCC(=O)N/N=C/c2cc(Br)c(Br)o2)c1. The summed E-state index contributed by atoms with van der Waals surface area (Å²) in [5.41, 5.74) is 3.37. The monoisotopic (exact) mass is 443 g/mol. The lowest BCUT2D eigenvalue weighted by molar-refractivity contribution is -0.123. The van der Waals surface area contributed by atoms with Crippen molar-refractivity contribution in [2.45, 2.75) is 0 Å². The number of nitrogens with zero attached hydrogens (tertiary/aromatic N) is 2. The van der Waals surface area contributed by atoms with Crippen molar-refractivity contribution in [2.24, 2.45) is 5.10 Å². The zero-order valence-corrected chi connectivity index (χ0v) is 15.7. The fourth-order valence-corrected chi connectivity index (χ4v) is 2.24. The Morgan fingerprint density at radius 2 is 2.17 bits per heavy atom. The maximum absolute atomic E-state index is 11.7. The summed E-state index contributed by atoms with van der Waals surface area (Å²) in [6, 6.07) is 9.20. The van der Waals surface area contributed by atoms with Gasteiger partial charge in [-0.1, -0.05) is 6.07 Å². The summed E-state index contributed by atoms with van der Waals surface area (Å²) >= 11 is 6.51. The number of benzene rings is 1. The van der Waals surface area contributed by atoms with Crippen LogP contribution in [0.1, 0.15) is 5.76 Å². The number of anilines is 1. The Bertz CT molecular complexity index is 694. The normalized spacial score (nSPS) is 10.8. The molecule has 1 aromatic heterocycles. The zero-order chi connectivity index (χ0) is 16.8. The minimum absolute atomic E-state index is 0.125. The van der Waals surface area contributed by atoms with Gasteiger partial charge in [-0.3, -0.25) is 4.79 Å². The first-order valence-corrected chi connectivity index (χ1v) is 8.21. The van der Waals surface area contributed by atoms with Gasteiger partial charge in [0.05, 0.1) is 10.7 Å². The van der Waals surface area contributed by atoms with Gasteiger partial charge in [-0.2, -0.15) is 5.10 Å². The maximum atomic E-state index is 11.7. The molecule has 0 atom stereocenters. The number of furan rings is 1. The largest absolute Gasteiger partial charge is 0.484 e. The topological polar surface area (TPSA) is 67.1 Å². The first kappa shape index (κ1) is 17.6. The van der Waals surface area contributed by atoms with Crippen LogP contribution < -0.4 is 15.1 Å². The van der Waals surface area contributed by atoms with Gasteiger partial charge in [0.15, 0.2) is 11.3 Å². The second kappa shape index (κ2) is 8.16. The van der Waals surface area contributed by atoms with E-state index >= 15 is 0 Å². The number of nitrogens with one attached hydrogen (secondary N) is 1. The average Bonchev–Trinajstić information content (AvgIpc) is 2.84.